The first-order valence-electron chi connectivity index (χ1n) is 12.7. The highest BCUT2D eigenvalue weighted by molar-refractivity contribution is 5.85. The molecule has 1 aliphatic rings. The fraction of sp³-hybridized carbons (Fsp3) is 1.00. The lowest BCUT2D eigenvalue weighted by atomic mass is 9.97. The highest BCUT2D eigenvalue weighted by Crippen LogP contribution is 2.18. The maximum absolute atomic E-state index is 9.96. The Kier molecular flexibility index (Phi) is 20.7. The Balaban J connectivity index is 0.00000900. The van der Waals surface area contributed by atoms with Gasteiger partial charge in [-0.15, -0.1) is 12.4 Å². The van der Waals surface area contributed by atoms with Gasteiger partial charge in [-0.25, -0.2) is 0 Å². The monoisotopic (exact) mass is 466 g/mol. The molecule has 6 nitrogen and oxygen atoms in total. The number of nitrogens with two attached hydrogens (primary N) is 1. The molecule has 31 heavy (non-hydrogen) atoms. The summed E-state index contributed by atoms with van der Waals surface area (Å²) in [5.41, 5.74) is 5.92. The lowest BCUT2D eigenvalue weighted by molar-refractivity contribution is -0.196. The van der Waals surface area contributed by atoms with Crippen molar-refractivity contribution in [1.82, 2.24) is 5.32 Å². The summed E-state index contributed by atoms with van der Waals surface area (Å²) >= 11 is 0. The first-order valence-corrected chi connectivity index (χ1v) is 12.7. The van der Waals surface area contributed by atoms with Crippen molar-refractivity contribution < 1.29 is 20.1 Å². The van der Waals surface area contributed by atoms with Gasteiger partial charge in [-0.05, 0) is 13.0 Å². The van der Waals surface area contributed by atoms with Gasteiger partial charge in [-0.3, -0.25) is 5.32 Å². The third-order valence-electron chi connectivity index (χ3n) is 6.35. The Morgan fingerprint density at radius 2 is 1.13 bits per heavy atom. The Morgan fingerprint density at radius 3 is 1.55 bits per heavy atom. The molecule has 1 aliphatic heterocycles. The third kappa shape index (κ3) is 14.0. The van der Waals surface area contributed by atoms with Crippen molar-refractivity contribution in [2.45, 2.75) is 140 Å². The zero-order valence-electron chi connectivity index (χ0n) is 19.9. The Labute approximate surface area is 197 Å². The maximum atomic E-state index is 9.96. The molecular formula is C24H51ClN2O4. The molecule has 0 aliphatic carbocycles. The number of rotatable bonds is 19. The van der Waals surface area contributed by atoms with Crippen LogP contribution in [0.25, 0.3) is 0 Å². The fourth-order valence-electron chi connectivity index (χ4n) is 4.24. The predicted molar refractivity (Wildman–Crippen MR) is 131 cm³/mol. The van der Waals surface area contributed by atoms with Gasteiger partial charge in [-0.2, -0.15) is 0 Å². The van der Waals surface area contributed by atoms with Crippen LogP contribution < -0.4 is 11.1 Å². The molecule has 0 saturated carbocycles. The van der Waals surface area contributed by atoms with Crippen molar-refractivity contribution in [3.63, 3.8) is 0 Å². The van der Waals surface area contributed by atoms with E-state index in [1.165, 1.54) is 96.3 Å². The third-order valence-corrected chi connectivity index (χ3v) is 6.35. The second kappa shape index (κ2) is 20.6. The van der Waals surface area contributed by atoms with Crippen LogP contribution in [0.3, 0.4) is 0 Å². The van der Waals surface area contributed by atoms with Crippen molar-refractivity contribution >= 4 is 12.4 Å². The normalized spacial score (nSPS) is 26.0. The first kappa shape index (κ1) is 31.0. The summed E-state index contributed by atoms with van der Waals surface area (Å²) in [5.74, 6) is 0. The summed E-state index contributed by atoms with van der Waals surface area (Å²) in [7, 11) is 0. The van der Waals surface area contributed by atoms with Gasteiger partial charge in [0.25, 0.3) is 0 Å². The summed E-state index contributed by atoms with van der Waals surface area (Å²) in [5, 5.41) is 32.2. The SMILES string of the molecule is CCCCCCCCCCCCCCCCCCNC1O[C@H](CO)[C@@H](O)[C@H](O)[C@H]1N.Cl. The summed E-state index contributed by atoms with van der Waals surface area (Å²) < 4.78 is 5.56. The summed E-state index contributed by atoms with van der Waals surface area (Å²) in [6, 6.07) is -0.691. The van der Waals surface area contributed by atoms with Crippen LogP contribution in [0.4, 0.5) is 0 Å². The highest BCUT2D eigenvalue weighted by atomic mass is 35.5. The Hall–Kier alpha value is 0.0500. The average molecular weight is 467 g/mol. The van der Waals surface area contributed by atoms with E-state index in [1.54, 1.807) is 0 Å². The van der Waals surface area contributed by atoms with Gasteiger partial charge < -0.3 is 25.8 Å². The number of hydrogen-bond acceptors (Lipinski definition) is 6. The largest absolute Gasteiger partial charge is 0.394 e. The number of nitrogens with one attached hydrogen (secondary N) is 1. The van der Waals surface area contributed by atoms with Crippen LogP contribution in [-0.4, -0.2) is 59.1 Å². The number of ether oxygens (including phenoxy) is 1. The Morgan fingerprint density at radius 1 is 0.710 bits per heavy atom. The van der Waals surface area contributed by atoms with Gasteiger partial charge >= 0.3 is 0 Å². The van der Waals surface area contributed by atoms with Crippen LogP contribution in [0.5, 0.6) is 0 Å². The zero-order chi connectivity index (χ0) is 22.0. The molecule has 1 heterocycles. The first-order chi connectivity index (χ1) is 14.6. The molecule has 0 amide bonds. The van der Waals surface area contributed by atoms with E-state index in [2.05, 4.69) is 12.2 Å². The minimum atomic E-state index is -1.14. The van der Waals surface area contributed by atoms with E-state index in [-0.39, 0.29) is 19.0 Å². The molecule has 1 saturated heterocycles. The molecule has 1 fully saturated rings. The molecule has 5 atom stereocenters. The maximum Gasteiger partial charge on any atom is 0.126 e. The van der Waals surface area contributed by atoms with Crippen molar-refractivity contribution in [1.29, 1.82) is 0 Å². The van der Waals surface area contributed by atoms with Crippen molar-refractivity contribution in [3.05, 3.63) is 0 Å². The van der Waals surface area contributed by atoms with Crippen LogP contribution in [0.1, 0.15) is 110 Å². The lowest BCUT2D eigenvalue weighted by Crippen LogP contribution is -2.65. The van der Waals surface area contributed by atoms with E-state index in [1.807, 2.05) is 0 Å². The minimum absolute atomic E-state index is 0. The van der Waals surface area contributed by atoms with Crippen molar-refractivity contribution in [2.75, 3.05) is 13.2 Å². The van der Waals surface area contributed by atoms with Crippen molar-refractivity contribution in [3.8, 4) is 0 Å². The highest BCUT2D eigenvalue weighted by Gasteiger charge is 2.41. The van der Waals surface area contributed by atoms with Crippen LogP contribution in [0, 0.1) is 0 Å². The molecule has 7 heteroatoms. The molecule has 0 radical (unpaired) electrons. The predicted octanol–water partition coefficient (Wildman–Crippen LogP) is 4.03. The number of unbranched alkanes of at least 4 members (excludes halogenated alkanes) is 15. The second-order valence-electron chi connectivity index (χ2n) is 9.09. The number of hydrogen-bond donors (Lipinski definition) is 5. The van der Waals surface area contributed by atoms with E-state index >= 15 is 0 Å². The van der Waals surface area contributed by atoms with E-state index in [0.717, 1.165) is 13.0 Å². The van der Waals surface area contributed by atoms with Crippen LogP contribution in [0.2, 0.25) is 0 Å². The summed E-state index contributed by atoms with van der Waals surface area (Å²) in [6.45, 7) is 2.70. The average Bonchev–Trinajstić information content (AvgIpc) is 2.75. The molecule has 0 spiro atoms. The molecule has 0 aromatic heterocycles. The molecule has 6 N–H and O–H groups in total. The van der Waals surface area contributed by atoms with Crippen LogP contribution in [0.15, 0.2) is 0 Å². The van der Waals surface area contributed by atoms with Crippen LogP contribution >= 0.6 is 12.4 Å². The topological polar surface area (TPSA) is 108 Å². The van der Waals surface area contributed by atoms with Gasteiger partial charge in [0.15, 0.2) is 0 Å². The van der Waals surface area contributed by atoms with Gasteiger partial charge in [-0.1, -0.05) is 103 Å². The molecule has 1 unspecified atom stereocenters. The molecule has 0 aromatic rings. The second-order valence-corrected chi connectivity index (χ2v) is 9.09. The molecule has 0 aromatic carbocycles. The number of aliphatic hydroxyl groups is 3. The van der Waals surface area contributed by atoms with E-state index < -0.39 is 30.6 Å². The molecule has 188 valence electrons. The number of aliphatic hydroxyl groups excluding tert-OH is 3. The van der Waals surface area contributed by atoms with Gasteiger partial charge in [0.2, 0.25) is 0 Å². The van der Waals surface area contributed by atoms with Gasteiger partial charge in [0.05, 0.1) is 12.6 Å². The minimum Gasteiger partial charge on any atom is -0.394 e. The quantitative estimate of drug-likeness (QED) is 0.184. The zero-order valence-corrected chi connectivity index (χ0v) is 20.7. The lowest BCUT2D eigenvalue weighted by Gasteiger charge is -2.41. The van der Waals surface area contributed by atoms with Crippen LogP contribution in [-0.2, 0) is 4.74 Å². The summed E-state index contributed by atoms with van der Waals surface area (Å²) in [6.07, 6.45) is 18.0. The summed E-state index contributed by atoms with van der Waals surface area (Å²) in [4.78, 5) is 0. The van der Waals surface area contributed by atoms with E-state index in [9.17, 15) is 15.3 Å². The fourth-order valence-corrected chi connectivity index (χ4v) is 4.24. The molecule has 0 bridgehead atoms. The van der Waals surface area contributed by atoms with E-state index in [4.69, 9.17) is 10.5 Å². The molecule has 1 rings (SSSR count). The molecular weight excluding hydrogens is 416 g/mol. The smallest absolute Gasteiger partial charge is 0.126 e. The number of halogens is 1. The van der Waals surface area contributed by atoms with E-state index in [0.29, 0.717) is 0 Å². The van der Waals surface area contributed by atoms with Gasteiger partial charge in [0.1, 0.15) is 24.5 Å². The van der Waals surface area contributed by atoms with Gasteiger partial charge in [0, 0.05) is 0 Å². The Bertz CT molecular complexity index is 391. The standard InChI is InChI=1S/C24H50N2O4.ClH/c1-2-3-4-5-6-7-8-9-10-11-12-13-14-15-16-17-18-26-24-21(25)23(29)22(28)20(19-27)30-24;/h20-24,26-29H,2-19,25H2,1H3;1H/t20-,21-,22-,23-,24?;/m1./s1. The van der Waals surface area contributed by atoms with Crippen molar-refractivity contribution in [2.24, 2.45) is 5.73 Å².